The molecule has 1 saturated heterocycles. The van der Waals surface area contributed by atoms with Gasteiger partial charge in [0, 0.05) is 19.1 Å². The summed E-state index contributed by atoms with van der Waals surface area (Å²) in [6, 6.07) is -1.06. The summed E-state index contributed by atoms with van der Waals surface area (Å²) < 4.78 is 28.8. The Bertz CT molecular complexity index is 270. The van der Waals surface area contributed by atoms with Gasteiger partial charge in [0.25, 0.3) is 0 Å². The molecule has 4 atom stereocenters. The molecule has 0 unspecified atom stereocenters. The predicted octanol–water partition coefficient (Wildman–Crippen LogP) is 0.382. The van der Waals surface area contributed by atoms with E-state index >= 15 is 0 Å². The van der Waals surface area contributed by atoms with Gasteiger partial charge in [-0.25, -0.2) is 4.39 Å². The lowest BCUT2D eigenvalue weighted by Gasteiger charge is -2.21. The zero-order chi connectivity index (χ0) is 12.1. The number of methoxy groups -OCH3 is 2. The molecule has 0 spiro atoms. The lowest BCUT2D eigenvalue weighted by molar-refractivity contribution is -0.187. The minimum Gasteiger partial charge on any atom is -0.394 e. The number of ether oxygens (including phenoxy) is 3. The first-order chi connectivity index (χ1) is 7.69. The fraction of sp³-hybridized carbons (Fsp3) is 1.00. The van der Waals surface area contributed by atoms with E-state index in [9.17, 15) is 4.39 Å². The molecule has 92 valence electrons. The van der Waals surface area contributed by atoms with Crippen LogP contribution in [0.5, 0.6) is 0 Å². The Kier molecular flexibility index (Phi) is 4.91. The van der Waals surface area contributed by atoms with Crippen molar-refractivity contribution < 1.29 is 23.7 Å². The largest absolute Gasteiger partial charge is 0.394 e. The second-order valence-electron chi connectivity index (χ2n) is 3.30. The van der Waals surface area contributed by atoms with Crippen LogP contribution in [-0.4, -0.2) is 56.6 Å². The molecule has 0 aliphatic carbocycles. The van der Waals surface area contributed by atoms with Crippen LogP contribution in [0.3, 0.4) is 0 Å². The van der Waals surface area contributed by atoms with Crippen LogP contribution in [0.1, 0.15) is 0 Å². The van der Waals surface area contributed by atoms with Gasteiger partial charge in [0.1, 0.15) is 12.3 Å². The van der Waals surface area contributed by atoms with Crippen LogP contribution in [0.2, 0.25) is 0 Å². The molecule has 0 aromatic rings. The van der Waals surface area contributed by atoms with Gasteiger partial charge in [0.2, 0.25) is 0 Å². The minimum absolute atomic E-state index is 0.430. The summed E-state index contributed by atoms with van der Waals surface area (Å²) in [4.78, 5) is 2.52. The number of hydrogen-bond donors (Lipinski definition) is 1. The van der Waals surface area contributed by atoms with Gasteiger partial charge in [0.15, 0.2) is 6.29 Å². The number of aliphatic hydroxyl groups is 1. The molecule has 7 nitrogen and oxygen atoms in total. The molecule has 0 bridgehead atoms. The average Bonchev–Trinajstić information content (AvgIpc) is 2.60. The molecule has 1 aliphatic heterocycles. The van der Waals surface area contributed by atoms with Gasteiger partial charge >= 0.3 is 0 Å². The van der Waals surface area contributed by atoms with Crippen LogP contribution in [0, 0.1) is 0 Å². The lowest BCUT2D eigenvalue weighted by Crippen LogP contribution is -2.37. The molecule has 1 N–H and O–H groups in total. The second-order valence-corrected chi connectivity index (χ2v) is 3.30. The molecule has 0 aromatic heterocycles. The third-order valence-corrected chi connectivity index (χ3v) is 2.45. The van der Waals surface area contributed by atoms with Crippen LogP contribution in [-0.2, 0) is 14.2 Å². The molecule has 1 rings (SSSR count). The van der Waals surface area contributed by atoms with Gasteiger partial charge in [-0.15, -0.1) is 0 Å². The Morgan fingerprint density at radius 3 is 2.62 bits per heavy atom. The van der Waals surface area contributed by atoms with E-state index in [0.717, 1.165) is 0 Å². The molecule has 1 aliphatic rings. The maximum absolute atomic E-state index is 13.8. The van der Waals surface area contributed by atoms with Crippen molar-refractivity contribution in [2.45, 2.75) is 30.7 Å². The lowest BCUT2D eigenvalue weighted by atomic mass is 10.1. The summed E-state index contributed by atoms with van der Waals surface area (Å²) in [6.07, 6.45) is -4.35. The van der Waals surface area contributed by atoms with Crippen molar-refractivity contribution in [3.8, 4) is 0 Å². The van der Waals surface area contributed by atoms with Gasteiger partial charge < -0.3 is 19.3 Å². The van der Waals surface area contributed by atoms with E-state index in [-0.39, 0.29) is 0 Å². The first-order valence-corrected chi connectivity index (χ1v) is 4.69. The SMILES string of the molecule is COC(OC)[C@@H]1O[C@@H](CO)[C@H](N=[N+]=[N-])[C@H]1F. The Labute approximate surface area is 91.7 Å². The van der Waals surface area contributed by atoms with Crippen molar-refractivity contribution in [3.05, 3.63) is 10.4 Å². The molecule has 1 fully saturated rings. The van der Waals surface area contributed by atoms with Crippen LogP contribution in [0.15, 0.2) is 5.11 Å². The van der Waals surface area contributed by atoms with Crippen LogP contribution in [0.4, 0.5) is 4.39 Å². The van der Waals surface area contributed by atoms with Crippen LogP contribution < -0.4 is 0 Å². The highest BCUT2D eigenvalue weighted by molar-refractivity contribution is 4.97. The molecule has 0 aromatic carbocycles. The Morgan fingerprint density at radius 2 is 2.19 bits per heavy atom. The van der Waals surface area contributed by atoms with Crippen molar-refractivity contribution in [2.75, 3.05) is 20.8 Å². The van der Waals surface area contributed by atoms with Gasteiger partial charge in [-0.3, -0.25) is 0 Å². The second kappa shape index (κ2) is 5.97. The maximum atomic E-state index is 13.8. The Hall–Kier alpha value is -0.920. The number of aliphatic hydroxyl groups excluding tert-OH is 1. The van der Waals surface area contributed by atoms with Crippen molar-refractivity contribution in [1.29, 1.82) is 0 Å². The number of rotatable bonds is 5. The normalized spacial score (nSPS) is 34.1. The smallest absolute Gasteiger partial charge is 0.185 e. The number of hydrogen-bond acceptors (Lipinski definition) is 5. The quantitative estimate of drug-likeness (QED) is 0.322. The van der Waals surface area contributed by atoms with Crippen molar-refractivity contribution >= 4 is 0 Å². The molecule has 1 heterocycles. The topological polar surface area (TPSA) is 96.7 Å². The van der Waals surface area contributed by atoms with Crippen molar-refractivity contribution in [3.63, 3.8) is 0 Å². The monoisotopic (exact) mass is 235 g/mol. The van der Waals surface area contributed by atoms with E-state index in [2.05, 4.69) is 10.0 Å². The molecule has 16 heavy (non-hydrogen) atoms. The van der Waals surface area contributed by atoms with E-state index < -0.39 is 37.3 Å². The van der Waals surface area contributed by atoms with Crippen molar-refractivity contribution in [1.82, 2.24) is 0 Å². The fourth-order valence-electron chi connectivity index (χ4n) is 1.68. The van der Waals surface area contributed by atoms with Gasteiger partial charge in [0.05, 0.1) is 18.8 Å². The molecule has 0 saturated carbocycles. The number of nitrogens with zero attached hydrogens (tertiary/aromatic N) is 3. The highest BCUT2D eigenvalue weighted by Gasteiger charge is 2.48. The van der Waals surface area contributed by atoms with Gasteiger partial charge in [-0.1, -0.05) is 5.11 Å². The molecule has 0 amide bonds. The van der Waals surface area contributed by atoms with E-state index in [1.54, 1.807) is 0 Å². The number of alkyl halides is 1. The summed E-state index contributed by atoms with van der Waals surface area (Å²) >= 11 is 0. The van der Waals surface area contributed by atoms with Gasteiger partial charge in [-0.2, -0.15) is 0 Å². The summed E-state index contributed by atoms with van der Waals surface area (Å²) in [6.45, 7) is -0.430. The summed E-state index contributed by atoms with van der Waals surface area (Å²) in [5.41, 5.74) is 8.29. The maximum Gasteiger partial charge on any atom is 0.185 e. The van der Waals surface area contributed by atoms with E-state index in [1.807, 2.05) is 0 Å². The van der Waals surface area contributed by atoms with E-state index in [1.165, 1.54) is 14.2 Å². The summed E-state index contributed by atoms with van der Waals surface area (Å²) in [5, 5.41) is 12.2. The molecular formula is C8H14FN3O4. The van der Waals surface area contributed by atoms with Crippen LogP contribution in [0.25, 0.3) is 10.4 Å². The first kappa shape index (κ1) is 13.1. The van der Waals surface area contributed by atoms with E-state index in [0.29, 0.717) is 0 Å². The molecule has 0 radical (unpaired) electrons. The molecule has 8 heteroatoms. The molecular weight excluding hydrogens is 221 g/mol. The van der Waals surface area contributed by atoms with Crippen LogP contribution >= 0.6 is 0 Å². The van der Waals surface area contributed by atoms with E-state index in [4.69, 9.17) is 24.8 Å². The Morgan fingerprint density at radius 1 is 1.56 bits per heavy atom. The number of azide groups is 1. The average molecular weight is 235 g/mol. The third kappa shape index (κ3) is 2.42. The highest BCUT2D eigenvalue weighted by atomic mass is 19.1. The number of halogens is 1. The third-order valence-electron chi connectivity index (χ3n) is 2.45. The highest BCUT2D eigenvalue weighted by Crippen LogP contribution is 2.29. The minimum atomic E-state index is -1.57. The zero-order valence-corrected chi connectivity index (χ0v) is 8.99. The first-order valence-electron chi connectivity index (χ1n) is 4.69. The van der Waals surface area contributed by atoms with Crippen molar-refractivity contribution in [2.24, 2.45) is 5.11 Å². The standard InChI is InChI=1S/C8H14FN3O4/c1-14-8(15-2)7-5(9)6(11-12-10)4(3-13)16-7/h4-8,13H,3H2,1-2H3/t4-,5+,6-,7+/m0/s1. The Balaban J connectivity index is 2.80. The predicted molar refractivity (Wildman–Crippen MR) is 51.4 cm³/mol. The van der Waals surface area contributed by atoms with Gasteiger partial charge in [-0.05, 0) is 5.53 Å². The summed E-state index contributed by atoms with van der Waals surface area (Å²) in [7, 11) is 2.69. The zero-order valence-electron chi connectivity index (χ0n) is 8.99. The summed E-state index contributed by atoms with van der Waals surface area (Å²) in [5.74, 6) is 0. The fourth-order valence-corrected chi connectivity index (χ4v) is 1.68.